The molecule has 1 atom stereocenters. The number of H-pyrrole nitrogens is 1. The van der Waals surface area contributed by atoms with Crippen molar-refractivity contribution in [3.63, 3.8) is 0 Å². The third-order valence-corrected chi connectivity index (χ3v) is 4.89. The summed E-state index contributed by atoms with van der Waals surface area (Å²) < 4.78 is 40.8. The molecule has 0 saturated heterocycles. The largest absolute Gasteiger partial charge is 0.656 e. The van der Waals surface area contributed by atoms with Gasteiger partial charge >= 0.3 is 6.18 Å². The molecule has 0 aliphatic carbocycles. The third-order valence-electron chi connectivity index (χ3n) is 4.89. The van der Waals surface area contributed by atoms with E-state index in [-0.39, 0.29) is 17.9 Å². The lowest BCUT2D eigenvalue weighted by atomic mass is 9.81. The summed E-state index contributed by atoms with van der Waals surface area (Å²) in [5, 5.41) is 38.2. The maximum atomic E-state index is 13.3. The van der Waals surface area contributed by atoms with Crippen molar-refractivity contribution < 1.29 is 22.8 Å². The van der Waals surface area contributed by atoms with E-state index in [2.05, 4.69) is 36.7 Å². The topological polar surface area (TPSA) is 111 Å². The number of fused-ring (bicyclic) bond motifs is 1. The van der Waals surface area contributed by atoms with Gasteiger partial charge < -0.3 is 14.9 Å². The summed E-state index contributed by atoms with van der Waals surface area (Å²) in [5.74, 6) is -1.11. The maximum absolute atomic E-state index is 13.3. The Balaban J connectivity index is 0.000000451. The Labute approximate surface area is 184 Å². The third kappa shape index (κ3) is 5.47. The quantitative estimate of drug-likeness (QED) is 0.690. The molecule has 0 saturated carbocycles. The number of aliphatic hydroxyl groups is 1. The van der Waals surface area contributed by atoms with Gasteiger partial charge in [0.05, 0.1) is 57.0 Å². The Morgan fingerprint density at radius 2 is 1.78 bits per heavy atom. The zero-order valence-electron chi connectivity index (χ0n) is 18.5. The minimum absolute atomic E-state index is 0.0325. The fraction of sp³-hybridized carbons (Fsp3) is 0.409. The number of nitriles is 2. The molecule has 0 spiro atoms. The molecule has 10 heteroatoms. The number of aromatic nitrogens is 2. The number of aryl methyl sites for hydroxylation is 1. The van der Waals surface area contributed by atoms with E-state index in [0.29, 0.717) is 11.3 Å². The summed E-state index contributed by atoms with van der Waals surface area (Å²) in [6, 6.07) is 8.42. The van der Waals surface area contributed by atoms with Crippen molar-refractivity contribution in [2.45, 2.75) is 25.9 Å². The second kappa shape index (κ2) is 9.43. The fourth-order valence-corrected chi connectivity index (χ4v) is 3.23. The summed E-state index contributed by atoms with van der Waals surface area (Å²) in [6.45, 7) is 4.21. The molecule has 32 heavy (non-hydrogen) atoms. The molecule has 170 valence electrons. The Bertz CT molecular complexity index is 1140. The molecule has 0 unspecified atom stereocenters. The van der Waals surface area contributed by atoms with E-state index in [1.165, 1.54) is 6.92 Å². The van der Waals surface area contributed by atoms with Gasteiger partial charge in [-0.05, 0) is 30.3 Å². The zero-order chi connectivity index (χ0) is 24.3. The standard InChI is InChI=1S/C17H11F3N5.C5H14NO/c1-8-12(6-21)15(13(7-22)16(23-8)17(18,19)20)10-3-4-14-11(5-10)9(2)24-25-14;1-6(2,3)4-5-7/h3-5,15H,1-2H3,(H,24,25);7H,4-5H2,1-3H3/q-1;+1/t15-;/m1./s1. The van der Waals surface area contributed by atoms with Gasteiger partial charge in [0.1, 0.15) is 6.54 Å². The second-order valence-corrected chi connectivity index (χ2v) is 8.38. The van der Waals surface area contributed by atoms with Crippen LogP contribution in [0.4, 0.5) is 13.2 Å². The molecule has 7 nitrogen and oxygen atoms in total. The lowest BCUT2D eigenvalue weighted by molar-refractivity contribution is -0.870. The Morgan fingerprint density at radius 1 is 1.16 bits per heavy atom. The molecular formula is C22H25F3N6O. The van der Waals surface area contributed by atoms with Gasteiger partial charge in [-0.1, -0.05) is 13.0 Å². The molecule has 0 radical (unpaired) electrons. The molecule has 1 aliphatic heterocycles. The van der Waals surface area contributed by atoms with Crippen LogP contribution in [0.3, 0.4) is 0 Å². The van der Waals surface area contributed by atoms with Crippen LogP contribution in [0.1, 0.15) is 24.1 Å². The van der Waals surface area contributed by atoms with Crippen LogP contribution in [0.2, 0.25) is 0 Å². The van der Waals surface area contributed by atoms with Gasteiger partial charge in [0.15, 0.2) is 0 Å². The molecule has 2 aromatic rings. The van der Waals surface area contributed by atoms with Crippen LogP contribution in [0.15, 0.2) is 40.7 Å². The van der Waals surface area contributed by atoms with Crippen LogP contribution in [0, 0.1) is 29.6 Å². The highest BCUT2D eigenvalue weighted by Gasteiger charge is 2.36. The number of hydrogen-bond acceptors (Lipinski definition) is 4. The first-order valence-corrected chi connectivity index (χ1v) is 9.74. The van der Waals surface area contributed by atoms with Crippen molar-refractivity contribution in [3.05, 3.63) is 57.3 Å². The fourth-order valence-electron chi connectivity index (χ4n) is 3.23. The van der Waals surface area contributed by atoms with Gasteiger partial charge in [-0.3, -0.25) is 5.10 Å². The average Bonchev–Trinajstić information content (AvgIpc) is 3.06. The van der Waals surface area contributed by atoms with Crippen LogP contribution in [0.5, 0.6) is 0 Å². The average molecular weight is 446 g/mol. The number of quaternary nitrogens is 1. The number of hydrogen-bond donors (Lipinski definition) is 2. The van der Waals surface area contributed by atoms with Crippen molar-refractivity contribution in [3.8, 4) is 12.1 Å². The predicted molar refractivity (Wildman–Crippen MR) is 114 cm³/mol. The van der Waals surface area contributed by atoms with Gasteiger partial charge in [-0.25, -0.2) is 0 Å². The highest BCUT2D eigenvalue weighted by Crippen LogP contribution is 2.47. The number of halogens is 3. The number of nitrogens with zero attached hydrogens (tertiary/aromatic N) is 5. The summed E-state index contributed by atoms with van der Waals surface area (Å²) in [5.41, 5.74) is -0.0146. The van der Waals surface area contributed by atoms with Gasteiger partial charge in [-0.15, -0.1) is 5.70 Å². The molecule has 2 N–H and O–H groups in total. The highest BCUT2D eigenvalue weighted by molar-refractivity contribution is 5.82. The maximum Gasteiger partial charge on any atom is 0.397 e. The predicted octanol–water partition coefficient (Wildman–Crippen LogP) is 4.16. The number of benzene rings is 1. The number of nitrogens with one attached hydrogen (secondary N) is 1. The van der Waals surface area contributed by atoms with Gasteiger partial charge in [0, 0.05) is 16.5 Å². The van der Waals surface area contributed by atoms with Crippen LogP contribution in [0.25, 0.3) is 16.2 Å². The van der Waals surface area contributed by atoms with Gasteiger partial charge in [-0.2, -0.15) is 28.8 Å². The van der Waals surface area contributed by atoms with Crippen molar-refractivity contribution >= 4 is 10.9 Å². The van der Waals surface area contributed by atoms with Crippen molar-refractivity contribution in [1.29, 1.82) is 10.5 Å². The number of allylic oxidation sites excluding steroid dienone is 4. The Hall–Kier alpha value is -3.34. The summed E-state index contributed by atoms with van der Waals surface area (Å²) in [7, 11) is 6.16. The molecule has 3 rings (SSSR count). The smallest absolute Gasteiger partial charge is 0.397 e. The molecule has 0 amide bonds. The van der Waals surface area contributed by atoms with Crippen LogP contribution >= 0.6 is 0 Å². The molecular weight excluding hydrogens is 421 g/mol. The first-order valence-electron chi connectivity index (χ1n) is 9.74. The lowest BCUT2D eigenvalue weighted by Gasteiger charge is -2.38. The summed E-state index contributed by atoms with van der Waals surface area (Å²) >= 11 is 0. The lowest BCUT2D eigenvalue weighted by Crippen LogP contribution is -2.36. The Morgan fingerprint density at radius 3 is 2.25 bits per heavy atom. The molecule has 0 fully saturated rings. The normalized spacial score (nSPS) is 16.8. The van der Waals surface area contributed by atoms with E-state index in [0.717, 1.165) is 21.9 Å². The SMILES string of the molecule is CC1=C(C#N)[C@@H](c2ccc3[nH]nc(C)c3c2)C(C#N)=C(C(F)(F)F)[N-]1.C[N+](C)(C)CCO. The number of likely N-dealkylation sites (N-methyl/N-ethyl adjacent to an activating group) is 1. The van der Waals surface area contributed by atoms with E-state index in [9.17, 15) is 23.7 Å². The number of alkyl halides is 3. The summed E-state index contributed by atoms with van der Waals surface area (Å²) in [6.07, 6.45) is -4.78. The first-order chi connectivity index (χ1) is 14.8. The minimum atomic E-state index is -4.78. The highest BCUT2D eigenvalue weighted by atomic mass is 19.4. The first kappa shape index (κ1) is 24.9. The van der Waals surface area contributed by atoms with Crippen molar-refractivity contribution in [2.75, 3.05) is 34.3 Å². The molecule has 0 bridgehead atoms. The van der Waals surface area contributed by atoms with Crippen LogP contribution in [-0.4, -0.2) is 60.3 Å². The molecule has 1 aliphatic rings. The van der Waals surface area contributed by atoms with E-state index in [1.807, 2.05) is 6.07 Å². The minimum Gasteiger partial charge on any atom is -0.656 e. The van der Waals surface area contributed by atoms with E-state index < -0.39 is 23.4 Å². The molecule has 1 aromatic carbocycles. The number of aromatic amines is 1. The number of rotatable bonds is 3. The van der Waals surface area contributed by atoms with Gasteiger partial charge in [0.25, 0.3) is 0 Å². The Kier molecular flexibility index (Phi) is 7.34. The van der Waals surface area contributed by atoms with E-state index in [4.69, 9.17) is 5.11 Å². The zero-order valence-corrected chi connectivity index (χ0v) is 18.5. The van der Waals surface area contributed by atoms with Crippen molar-refractivity contribution in [2.24, 2.45) is 0 Å². The molecule has 1 aromatic heterocycles. The monoisotopic (exact) mass is 446 g/mol. The number of aliphatic hydroxyl groups excluding tert-OH is 1. The van der Waals surface area contributed by atoms with Gasteiger partial charge in [0.2, 0.25) is 0 Å². The van der Waals surface area contributed by atoms with Crippen LogP contribution < -0.4 is 0 Å². The van der Waals surface area contributed by atoms with E-state index >= 15 is 0 Å². The van der Waals surface area contributed by atoms with Crippen LogP contribution in [-0.2, 0) is 0 Å². The molecule has 2 heterocycles. The summed E-state index contributed by atoms with van der Waals surface area (Å²) in [4.78, 5) is 0. The van der Waals surface area contributed by atoms with E-state index in [1.54, 1.807) is 31.2 Å². The second-order valence-electron chi connectivity index (χ2n) is 8.38. The van der Waals surface area contributed by atoms with Crippen molar-refractivity contribution in [1.82, 2.24) is 10.2 Å².